The number of hydrogen-bond acceptors (Lipinski definition) is 4. The topological polar surface area (TPSA) is 116 Å². The van der Waals surface area contributed by atoms with E-state index in [0.29, 0.717) is 39.3 Å². The van der Waals surface area contributed by atoms with Crippen molar-refractivity contribution in [1.29, 1.82) is 0 Å². The Hall–Kier alpha value is -4.92. The highest BCUT2D eigenvalue weighted by Gasteiger charge is 2.27. The molecule has 0 bridgehead atoms. The van der Waals surface area contributed by atoms with Crippen molar-refractivity contribution in [3.63, 3.8) is 0 Å². The summed E-state index contributed by atoms with van der Waals surface area (Å²) in [5, 5.41) is 8.62. The van der Waals surface area contributed by atoms with Crippen LogP contribution >= 0.6 is 0 Å². The largest absolute Gasteiger partial charge is 0.472 e. The van der Waals surface area contributed by atoms with E-state index in [-0.39, 0.29) is 29.6 Å². The zero-order chi connectivity index (χ0) is 27.0. The third kappa shape index (κ3) is 4.73. The molecule has 0 saturated carbocycles. The van der Waals surface area contributed by atoms with Crippen LogP contribution in [-0.2, 0) is 4.79 Å². The zero-order valence-electron chi connectivity index (χ0n) is 20.9. The number of nitrogens with one attached hydrogen (secondary N) is 4. The first-order valence-corrected chi connectivity index (χ1v) is 12.0. The Labute approximate surface area is 217 Å². The number of carbonyl (C=O) groups excluding carboxylic acids is 3. The number of aromatic amines is 1. The van der Waals surface area contributed by atoms with Gasteiger partial charge < -0.3 is 25.4 Å². The predicted octanol–water partition coefficient (Wildman–Crippen LogP) is 5.60. The second-order valence-electron chi connectivity index (χ2n) is 9.15. The number of anilines is 2. The summed E-state index contributed by atoms with van der Waals surface area (Å²) in [5.41, 5.74) is 5.88. The molecule has 0 aliphatic carbocycles. The number of H-pyrrole nitrogens is 1. The predicted molar refractivity (Wildman–Crippen MR) is 142 cm³/mol. The molecule has 1 unspecified atom stereocenters. The lowest BCUT2D eigenvalue weighted by Crippen LogP contribution is -2.26. The van der Waals surface area contributed by atoms with Crippen molar-refractivity contribution in [3.8, 4) is 0 Å². The molecule has 8 nitrogen and oxygen atoms in total. The molecule has 1 aliphatic heterocycles. The summed E-state index contributed by atoms with van der Waals surface area (Å²) in [4.78, 5) is 41.6. The van der Waals surface area contributed by atoms with E-state index in [1.54, 1.807) is 42.5 Å². The Balaban J connectivity index is 1.40. The van der Waals surface area contributed by atoms with Crippen LogP contribution < -0.4 is 16.0 Å². The molecule has 1 aliphatic rings. The molecular formula is C29H25FN4O4. The molecule has 1 atom stereocenters. The molecule has 0 saturated heterocycles. The van der Waals surface area contributed by atoms with Crippen LogP contribution in [0.4, 0.5) is 15.8 Å². The second kappa shape index (κ2) is 9.85. The van der Waals surface area contributed by atoms with Crippen molar-refractivity contribution in [2.45, 2.75) is 26.8 Å². The third-order valence-electron chi connectivity index (χ3n) is 6.57. The standard InChI is InChI=1S/C29H25FN4O4/c1-15-25(31-17(3)26(15)34-28(36)20-10-11-38-14-20)13-23-22-12-19(6-9-24(22)33-29(23)37)27(35)32-16(2)18-4-7-21(30)8-5-18/h4-14,16,31H,1-3H3,(H,32,35)(H,33,37)(H,34,36)/b23-13-. The van der Waals surface area contributed by atoms with E-state index in [1.807, 2.05) is 20.8 Å². The molecule has 38 heavy (non-hydrogen) atoms. The van der Waals surface area contributed by atoms with E-state index < -0.39 is 0 Å². The third-order valence-corrected chi connectivity index (χ3v) is 6.57. The van der Waals surface area contributed by atoms with Crippen molar-refractivity contribution in [3.05, 3.63) is 106 Å². The lowest BCUT2D eigenvalue weighted by atomic mass is 10.0. The number of halogens is 1. The van der Waals surface area contributed by atoms with E-state index in [1.165, 1.54) is 24.7 Å². The highest BCUT2D eigenvalue weighted by atomic mass is 19.1. The fraction of sp³-hybridized carbons (Fsp3) is 0.138. The number of hydrogen-bond donors (Lipinski definition) is 4. The first-order chi connectivity index (χ1) is 18.2. The molecule has 4 aromatic rings. The van der Waals surface area contributed by atoms with Gasteiger partial charge in [-0.3, -0.25) is 14.4 Å². The van der Waals surface area contributed by atoms with Gasteiger partial charge in [-0.2, -0.15) is 0 Å². The van der Waals surface area contributed by atoms with Crippen molar-refractivity contribution >= 4 is 40.7 Å². The maximum atomic E-state index is 13.2. The fourth-order valence-electron chi connectivity index (χ4n) is 4.42. The Morgan fingerprint density at radius 1 is 1.03 bits per heavy atom. The highest BCUT2D eigenvalue weighted by Crippen LogP contribution is 2.35. The van der Waals surface area contributed by atoms with Gasteiger partial charge in [0.15, 0.2) is 0 Å². The first kappa shape index (κ1) is 24.8. The van der Waals surface area contributed by atoms with Gasteiger partial charge in [0.1, 0.15) is 12.1 Å². The van der Waals surface area contributed by atoms with Gasteiger partial charge in [-0.05, 0) is 74.4 Å². The van der Waals surface area contributed by atoms with Crippen molar-refractivity contribution in [2.24, 2.45) is 0 Å². The molecule has 3 amide bonds. The molecule has 2 aromatic carbocycles. The van der Waals surface area contributed by atoms with Crippen LogP contribution in [0.25, 0.3) is 11.6 Å². The summed E-state index contributed by atoms with van der Waals surface area (Å²) in [7, 11) is 0. The fourth-order valence-corrected chi connectivity index (χ4v) is 4.42. The van der Waals surface area contributed by atoms with E-state index in [2.05, 4.69) is 20.9 Å². The minimum atomic E-state index is -0.345. The van der Waals surface area contributed by atoms with Gasteiger partial charge in [0.05, 0.1) is 29.1 Å². The summed E-state index contributed by atoms with van der Waals surface area (Å²) in [6, 6.07) is 12.2. The van der Waals surface area contributed by atoms with Gasteiger partial charge in [-0.15, -0.1) is 0 Å². The van der Waals surface area contributed by atoms with Gasteiger partial charge in [-0.1, -0.05) is 12.1 Å². The van der Waals surface area contributed by atoms with Gasteiger partial charge in [0.25, 0.3) is 17.7 Å². The van der Waals surface area contributed by atoms with E-state index in [9.17, 15) is 18.8 Å². The van der Waals surface area contributed by atoms with Crippen molar-refractivity contribution in [1.82, 2.24) is 10.3 Å². The van der Waals surface area contributed by atoms with Crippen LogP contribution in [0, 0.1) is 19.7 Å². The van der Waals surface area contributed by atoms with Crippen LogP contribution in [0.5, 0.6) is 0 Å². The number of benzene rings is 2. The Bertz CT molecular complexity index is 1580. The van der Waals surface area contributed by atoms with E-state index in [0.717, 1.165) is 16.8 Å². The Morgan fingerprint density at radius 2 is 1.79 bits per heavy atom. The number of aromatic nitrogens is 1. The highest BCUT2D eigenvalue weighted by molar-refractivity contribution is 6.35. The van der Waals surface area contributed by atoms with Crippen LogP contribution in [0.3, 0.4) is 0 Å². The Morgan fingerprint density at radius 3 is 2.50 bits per heavy atom. The molecule has 5 rings (SSSR count). The molecule has 9 heteroatoms. The summed E-state index contributed by atoms with van der Waals surface area (Å²) in [5.74, 6) is -1.27. The number of amides is 3. The Kier molecular flexibility index (Phi) is 6.42. The zero-order valence-corrected chi connectivity index (χ0v) is 20.9. The quantitative estimate of drug-likeness (QED) is 0.252. The van der Waals surface area contributed by atoms with Crippen LogP contribution in [0.1, 0.15) is 61.8 Å². The summed E-state index contributed by atoms with van der Waals surface area (Å²) in [6.45, 7) is 5.48. The lowest BCUT2D eigenvalue weighted by Gasteiger charge is -2.15. The van der Waals surface area contributed by atoms with E-state index in [4.69, 9.17) is 4.42 Å². The average Bonchev–Trinajstić information content (AvgIpc) is 3.60. The van der Waals surface area contributed by atoms with Gasteiger partial charge in [0, 0.05) is 28.2 Å². The number of furan rings is 1. The summed E-state index contributed by atoms with van der Waals surface area (Å²) >= 11 is 0. The van der Waals surface area contributed by atoms with Gasteiger partial charge in [0.2, 0.25) is 0 Å². The maximum absolute atomic E-state index is 13.2. The van der Waals surface area contributed by atoms with Crippen LogP contribution in [0.15, 0.2) is 65.5 Å². The van der Waals surface area contributed by atoms with E-state index >= 15 is 0 Å². The average molecular weight is 513 g/mol. The van der Waals surface area contributed by atoms with Crippen LogP contribution in [0.2, 0.25) is 0 Å². The number of rotatable bonds is 6. The van der Waals surface area contributed by atoms with Gasteiger partial charge in [-0.25, -0.2) is 4.39 Å². The summed E-state index contributed by atoms with van der Waals surface area (Å²) in [6.07, 6.45) is 4.50. The minimum absolute atomic E-state index is 0.298. The second-order valence-corrected chi connectivity index (χ2v) is 9.15. The molecule has 4 N–H and O–H groups in total. The van der Waals surface area contributed by atoms with Crippen LogP contribution in [-0.4, -0.2) is 22.7 Å². The SMILES string of the molecule is Cc1[nH]c(/C=C2\C(=O)Nc3ccc(C(=O)NC(C)c4ccc(F)cc4)cc32)c(C)c1NC(=O)c1ccoc1. The number of fused-ring (bicyclic) bond motifs is 1. The van der Waals surface area contributed by atoms with Crippen molar-refractivity contribution in [2.75, 3.05) is 10.6 Å². The first-order valence-electron chi connectivity index (χ1n) is 12.0. The summed E-state index contributed by atoms with van der Waals surface area (Å²) < 4.78 is 18.2. The lowest BCUT2D eigenvalue weighted by molar-refractivity contribution is -0.110. The molecular weight excluding hydrogens is 487 g/mol. The minimum Gasteiger partial charge on any atom is -0.472 e. The molecule has 0 radical (unpaired) electrons. The van der Waals surface area contributed by atoms with Gasteiger partial charge >= 0.3 is 0 Å². The number of carbonyl (C=O) groups is 3. The number of aryl methyl sites for hydroxylation is 1. The normalized spacial score (nSPS) is 14.2. The van der Waals surface area contributed by atoms with Crippen molar-refractivity contribution < 1.29 is 23.2 Å². The molecule has 2 aromatic heterocycles. The molecule has 0 spiro atoms. The molecule has 3 heterocycles. The monoisotopic (exact) mass is 512 g/mol. The smallest absolute Gasteiger partial charge is 0.258 e. The molecule has 0 fully saturated rings. The molecule has 192 valence electrons. The maximum Gasteiger partial charge on any atom is 0.258 e.